The molecular weight excluding hydrogens is 461 g/mol. The Morgan fingerprint density at radius 1 is 1.26 bits per heavy atom. The number of benzene rings is 2. The maximum absolute atomic E-state index is 14.5. The molecule has 0 atom stereocenters. The molecule has 34 heavy (non-hydrogen) atoms. The largest absolute Gasteiger partial charge is 0.493 e. The Morgan fingerprint density at radius 3 is 2.88 bits per heavy atom. The second kappa shape index (κ2) is 8.95. The Bertz CT molecular complexity index is 1290. The number of halogens is 2. The zero-order valence-electron chi connectivity index (χ0n) is 18.3. The number of ether oxygens (including phenoxy) is 2. The van der Waals surface area contributed by atoms with E-state index in [0.717, 1.165) is 22.9 Å². The van der Waals surface area contributed by atoms with Crippen LogP contribution in [0.2, 0.25) is 5.02 Å². The Hall–Kier alpha value is -3.65. The summed E-state index contributed by atoms with van der Waals surface area (Å²) in [5.74, 6) is -0.450. The number of carbonyl (C=O) groups is 2. The van der Waals surface area contributed by atoms with Gasteiger partial charge in [-0.05, 0) is 48.9 Å². The van der Waals surface area contributed by atoms with Crippen molar-refractivity contribution in [2.75, 3.05) is 31.6 Å². The molecular formula is C25H21ClFN3O4. The van der Waals surface area contributed by atoms with Crippen LogP contribution in [-0.2, 0) is 4.79 Å². The summed E-state index contributed by atoms with van der Waals surface area (Å²) >= 11 is 6.21. The van der Waals surface area contributed by atoms with Gasteiger partial charge in [-0.1, -0.05) is 11.6 Å². The average Bonchev–Trinajstić information content (AvgIpc) is 2.78. The van der Waals surface area contributed by atoms with Gasteiger partial charge >= 0.3 is 0 Å². The SMILES string of the molecule is Cc1cc(-c2cc(Cl)ccc2OCC2CN(C(=O)c3cc4c(cc3F)OCC(=O)N4)C2)ccn1. The van der Waals surface area contributed by atoms with E-state index in [4.69, 9.17) is 21.1 Å². The van der Waals surface area contributed by atoms with E-state index in [1.54, 1.807) is 17.2 Å². The molecule has 1 fully saturated rings. The quantitative estimate of drug-likeness (QED) is 0.586. The number of hydrogen-bond donors (Lipinski definition) is 1. The third kappa shape index (κ3) is 4.41. The topological polar surface area (TPSA) is 80.8 Å². The highest BCUT2D eigenvalue weighted by Gasteiger charge is 2.34. The van der Waals surface area contributed by atoms with Crippen LogP contribution in [0.3, 0.4) is 0 Å². The van der Waals surface area contributed by atoms with Crippen molar-refractivity contribution in [3.63, 3.8) is 0 Å². The van der Waals surface area contributed by atoms with Gasteiger partial charge in [0.25, 0.3) is 11.8 Å². The first kappa shape index (κ1) is 22.2. The maximum atomic E-state index is 14.5. The maximum Gasteiger partial charge on any atom is 0.262 e. The van der Waals surface area contributed by atoms with Crippen molar-refractivity contribution in [3.05, 3.63) is 70.8 Å². The number of likely N-dealkylation sites (tertiary alicyclic amines) is 1. The molecule has 7 nitrogen and oxygen atoms in total. The van der Waals surface area contributed by atoms with Gasteiger partial charge in [0, 0.05) is 47.6 Å². The number of pyridine rings is 1. The van der Waals surface area contributed by atoms with Crippen molar-refractivity contribution in [2.24, 2.45) is 5.92 Å². The first-order valence-corrected chi connectivity index (χ1v) is 11.2. The molecule has 0 saturated carbocycles. The minimum atomic E-state index is -0.682. The van der Waals surface area contributed by atoms with Crippen molar-refractivity contribution in [3.8, 4) is 22.6 Å². The molecule has 2 aliphatic rings. The molecule has 2 amide bonds. The van der Waals surface area contributed by atoms with E-state index in [0.29, 0.717) is 36.2 Å². The van der Waals surface area contributed by atoms with Crippen LogP contribution in [0, 0.1) is 18.7 Å². The number of carbonyl (C=O) groups excluding carboxylic acids is 2. The van der Waals surface area contributed by atoms with E-state index in [2.05, 4.69) is 10.3 Å². The van der Waals surface area contributed by atoms with Gasteiger partial charge in [-0.3, -0.25) is 14.6 Å². The molecule has 3 aromatic rings. The van der Waals surface area contributed by atoms with Crippen LogP contribution in [0.1, 0.15) is 16.1 Å². The van der Waals surface area contributed by atoms with E-state index in [1.165, 1.54) is 6.07 Å². The van der Waals surface area contributed by atoms with Crippen LogP contribution in [0.25, 0.3) is 11.1 Å². The lowest BCUT2D eigenvalue weighted by Gasteiger charge is -2.39. The van der Waals surface area contributed by atoms with E-state index < -0.39 is 11.7 Å². The number of rotatable bonds is 5. The molecule has 5 rings (SSSR count). The molecule has 0 spiro atoms. The fraction of sp³-hybridized carbons (Fsp3) is 0.240. The summed E-state index contributed by atoms with van der Waals surface area (Å²) in [6, 6.07) is 11.8. The van der Waals surface area contributed by atoms with Crippen molar-refractivity contribution < 1.29 is 23.5 Å². The Kier molecular flexibility index (Phi) is 5.83. The van der Waals surface area contributed by atoms with Crippen molar-refractivity contribution in [2.45, 2.75) is 6.92 Å². The third-order valence-corrected chi connectivity index (χ3v) is 6.04. The smallest absolute Gasteiger partial charge is 0.262 e. The van der Waals surface area contributed by atoms with Gasteiger partial charge in [0.05, 0.1) is 17.9 Å². The molecule has 0 aliphatic carbocycles. The van der Waals surface area contributed by atoms with Gasteiger partial charge in [-0.15, -0.1) is 0 Å². The molecule has 1 saturated heterocycles. The van der Waals surface area contributed by atoms with Crippen molar-refractivity contribution in [1.29, 1.82) is 0 Å². The van der Waals surface area contributed by atoms with Crippen molar-refractivity contribution >= 4 is 29.1 Å². The lowest BCUT2D eigenvalue weighted by Crippen LogP contribution is -2.52. The number of aromatic nitrogens is 1. The standard InChI is InChI=1S/C25H21ClFN3O4/c1-14-6-16(4-5-28-14)18-7-17(26)2-3-22(18)33-12-15-10-30(11-15)25(32)19-8-21-23(9-20(19)27)34-13-24(31)29-21/h2-9,15H,10-13H2,1H3,(H,29,31). The second-order valence-electron chi connectivity index (χ2n) is 8.38. The van der Waals surface area contributed by atoms with Crippen LogP contribution in [0.5, 0.6) is 11.5 Å². The minimum absolute atomic E-state index is 0.100. The summed E-state index contributed by atoms with van der Waals surface area (Å²) in [4.78, 5) is 30.1. The lowest BCUT2D eigenvalue weighted by atomic mass is 9.99. The second-order valence-corrected chi connectivity index (χ2v) is 8.82. The number of aryl methyl sites for hydroxylation is 1. The third-order valence-electron chi connectivity index (χ3n) is 5.80. The first-order chi connectivity index (χ1) is 16.4. The summed E-state index contributed by atoms with van der Waals surface area (Å²) in [6.07, 6.45) is 1.74. The molecule has 2 aliphatic heterocycles. The fourth-order valence-corrected chi connectivity index (χ4v) is 4.22. The molecule has 9 heteroatoms. The number of fused-ring (bicyclic) bond motifs is 1. The number of nitrogens with one attached hydrogen (secondary N) is 1. The normalized spacial score (nSPS) is 15.1. The lowest BCUT2D eigenvalue weighted by molar-refractivity contribution is -0.118. The fourth-order valence-electron chi connectivity index (χ4n) is 4.05. The molecule has 0 radical (unpaired) electrons. The molecule has 1 aromatic heterocycles. The number of nitrogens with zero attached hydrogens (tertiary/aromatic N) is 2. The Balaban J connectivity index is 1.23. The highest BCUT2D eigenvalue weighted by molar-refractivity contribution is 6.31. The number of anilines is 1. The monoisotopic (exact) mass is 481 g/mol. The molecule has 0 bridgehead atoms. The van der Waals surface area contributed by atoms with E-state index >= 15 is 0 Å². The van der Waals surface area contributed by atoms with E-state index in [9.17, 15) is 14.0 Å². The minimum Gasteiger partial charge on any atom is -0.493 e. The van der Waals surface area contributed by atoms with Gasteiger partial charge in [0.15, 0.2) is 6.61 Å². The van der Waals surface area contributed by atoms with Gasteiger partial charge in [0.2, 0.25) is 0 Å². The number of hydrogen-bond acceptors (Lipinski definition) is 5. The van der Waals surface area contributed by atoms with Gasteiger partial charge < -0.3 is 19.7 Å². The summed E-state index contributed by atoms with van der Waals surface area (Å²) in [5.41, 5.74) is 2.90. The Labute approximate surface area is 200 Å². The van der Waals surface area contributed by atoms with Crippen molar-refractivity contribution in [1.82, 2.24) is 9.88 Å². The summed E-state index contributed by atoms with van der Waals surface area (Å²) in [5, 5.41) is 3.20. The average molecular weight is 482 g/mol. The van der Waals surface area contributed by atoms with Crippen LogP contribution >= 0.6 is 11.6 Å². The van der Waals surface area contributed by atoms with Gasteiger partial charge in [0.1, 0.15) is 17.3 Å². The zero-order chi connectivity index (χ0) is 23.8. The van der Waals surface area contributed by atoms with Crippen LogP contribution < -0.4 is 14.8 Å². The molecule has 3 heterocycles. The summed E-state index contributed by atoms with van der Waals surface area (Å²) in [6.45, 7) is 3.02. The van der Waals surface area contributed by atoms with Crippen LogP contribution in [0.4, 0.5) is 10.1 Å². The summed E-state index contributed by atoms with van der Waals surface area (Å²) < 4.78 is 25.8. The van der Waals surface area contributed by atoms with Gasteiger partial charge in [-0.25, -0.2) is 4.39 Å². The molecule has 174 valence electrons. The predicted octanol–water partition coefficient (Wildman–Crippen LogP) is 4.33. The zero-order valence-corrected chi connectivity index (χ0v) is 19.1. The van der Waals surface area contributed by atoms with E-state index in [1.807, 2.05) is 31.2 Å². The summed E-state index contributed by atoms with van der Waals surface area (Å²) in [7, 11) is 0. The number of amides is 2. The predicted molar refractivity (Wildman–Crippen MR) is 125 cm³/mol. The highest BCUT2D eigenvalue weighted by Crippen LogP contribution is 2.34. The van der Waals surface area contributed by atoms with Crippen LogP contribution in [-0.4, -0.2) is 48.0 Å². The Morgan fingerprint density at radius 2 is 2.09 bits per heavy atom. The molecule has 1 N–H and O–H groups in total. The highest BCUT2D eigenvalue weighted by atomic mass is 35.5. The molecule has 0 unspecified atom stereocenters. The van der Waals surface area contributed by atoms with Gasteiger partial charge in [-0.2, -0.15) is 0 Å². The van der Waals surface area contributed by atoms with Crippen LogP contribution in [0.15, 0.2) is 48.7 Å². The van der Waals surface area contributed by atoms with E-state index in [-0.39, 0.29) is 29.7 Å². The first-order valence-electron chi connectivity index (χ1n) is 10.8. The molecule has 2 aromatic carbocycles.